The minimum atomic E-state index is -0.171. The molecular formula is C15H16ClN3O2. The molecular weight excluding hydrogens is 290 g/mol. The van der Waals surface area contributed by atoms with Crippen LogP contribution in [0, 0.1) is 6.92 Å². The number of aryl methyl sites for hydroxylation is 1. The topological polar surface area (TPSA) is 80.6 Å². The van der Waals surface area contributed by atoms with E-state index in [4.69, 9.17) is 21.8 Å². The summed E-state index contributed by atoms with van der Waals surface area (Å²) in [6.45, 7) is 2.22. The first kappa shape index (κ1) is 15.1. The highest BCUT2D eigenvalue weighted by Crippen LogP contribution is 2.20. The Labute approximate surface area is 127 Å². The van der Waals surface area contributed by atoms with E-state index in [-0.39, 0.29) is 11.8 Å². The number of aliphatic imine (C=N–C) groups is 1. The van der Waals surface area contributed by atoms with Gasteiger partial charge in [-0.25, -0.2) is 4.99 Å². The summed E-state index contributed by atoms with van der Waals surface area (Å²) in [7, 11) is 0. The number of hydrogen-bond donors (Lipinski definition) is 2. The quantitative estimate of drug-likeness (QED) is 0.506. The van der Waals surface area contributed by atoms with Crippen LogP contribution in [-0.4, -0.2) is 17.6 Å². The highest BCUT2D eigenvalue weighted by molar-refractivity contribution is 6.28. The van der Waals surface area contributed by atoms with Crippen molar-refractivity contribution < 1.29 is 9.21 Å². The predicted octanol–water partition coefficient (Wildman–Crippen LogP) is 2.75. The molecule has 3 N–H and O–H groups in total. The fraction of sp³-hybridized carbons (Fsp3) is 0.200. The number of furan rings is 1. The second kappa shape index (κ2) is 6.95. The third-order valence-corrected chi connectivity index (χ3v) is 3.14. The van der Waals surface area contributed by atoms with Gasteiger partial charge >= 0.3 is 0 Å². The zero-order chi connectivity index (χ0) is 15.2. The Kier molecular flexibility index (Phi) is 5.00. The molecule has 2 aromatic rings. The fourth-order valence-electron chi connectivity index (χ4n) is 1.79. The van der Waals surface area contributed by atoms with E-state index in [1.165, 1.54) is 0 Å². The molecule has 1 aromatic carbocycles. The van der Waals surface area contributed by atoms with Crippen LogP contribution >= 0.6 is 11.6 Å². The monoisotopic (exact) mass is 305 g/mol. The number of carbonyl (C=O) groups is 1. The lowest BCUT2D eigenvalue weighted by Crippen LogP contribution is -2.22. The Morgan fingerprint density at radius 1 is 1.43 bits per heavy atom. The average Bonchev–Trinajstić information content (AvgIpc) is 3.00. The maximum Gasteiger partial charge on any atom is 0.251 e. The zero-order valence-electron chi connectivity index (χ0n) is 11.6. The second-order valence-corrected chi connectivity index (χ2v) is 4.77. The van der Waals surface area contributed by atoms with E-state index in [9.17, 15) is 4.79 Å². The molecule has 0 aliphatic carbocycles. The van der Waals surface area contributed by atoms with Gasteiger partial charge in [-0.15, -0.1) is 11.6 Å². The van der Waals surface area contributed by atoms with E-state index < -0.39 is 0 Å². The van der Waals surface area contributed by atoms with Gasteiger partial charge in [0.1, 0.15) is 11.6 Å². The molecule has 2 rings (SSSR count). The number of benzene rings is 1. The Balaban J connectivity index is 2.07. The number of nitrogens with two attached hydrogens (primary N) is 1. The molecule has 110 valence electrons. The molecule has 0 radical (unpaired) electrons. The van der Waals surface area contributed by atoms with Crippen molar-refractivity contribution in [3.05, 3.63) is 53.5 Å². The van der Waals surface area contributed by atoms with Gasteiger partial charge in [0, 0.05) is 5.56 Å². The van der Waals surface area contributed by atoms with Gasteiger partial charge in [0.25, 0.3) is 5.91 Å². The van der Waals surface area contributed by atoms with Crippen LogP contribution in [0.2, 0.25) is 0 Å². The molecule has 1 aromatic heterocycles. The molecule has 0 saturated carbocycles. The van der Waals surface area contributed by atoms with Crippen LogP contribution in [-0.2, 0) is 6.54 Å². The molecule has 5 nitrogen and oxygen atoms in total. The molecule has 0 aliphatic rings. The molecule has 21 heavy (non-hydrogen) atoms. The second-order valence-electron chi connectivity index (χ2n) is 4.50. The van der Waals surface area contributed by atoms with Gasteiger partial charge < -0.3 is 15.5 Å². The first-order valence-corrected chi connectivity index (χ1v) is 6.94. The first-order chi connectivity index (χ1) is 10.1. The van der Waals surface area contributed by atoms with Gasteiger partial charge in [0.2, 0.25) is 0 Å². The average molecular weight is 306 g/mol. The first-order valence-electron chi connectivity index (χ1n) is 6.40. The highest BCUT2D eigenvalue weighted by Gasteiger charge is 2.08. The van der Waals surface area contributed by atoms with Gasteiger partial charge in [-0.05, 0) is 42.8 Å². The van der Waals surface area contributed by atoms with Gasteiger partial charge in [-0.3, -0.25) is 4.79 Å². The van der Waals surface area contributed by atoms with Crippen LogP contribution in [0.1, 0.15) is 21.7 Å². The van der Waals surface area contributed by atoms with E-state index >= 15 is 0 Å². The summed E-state index contributed by atoms with van der Waals surface area (Å²) >= 11 is 5.60. The Hall–Kier alpha value is -2.27. The smallest absolute Gasteiger partial charge is 0.251 e. The molecule has 0 atom stereocenters. The van der Waals surface area contributed by atoms with Crippen molar-refractivity contribution in [3.8, 4) is 0 Å². The summed E-state index contributed by atoms with van der Waals surface area (Å²) in [5, 5.41) is 2.79. The lowest BCUT2D eigenvalue weighted by atomic mass is 10.1. The SMILES string of the molecule is Cc1cc(C(=O)NCc2ccco2)ccc1N=C(N)CCl. The number of nitrogens with zero attached hydrogens (tertiary/aromatic N) is 1. The molecule has 0 aliphatic heterocycles. The Bertz CT molecular complexity index is 651. The Morgan fingerprint density at radius 2 is 2.24 bits per heavy atom. The van der Waals surface area contributed by atoms with Crippen LogP contribution in [0.25, 0.3) is 0 Å². The van der Waals surface area contributed by atoms with Crippen molar-refractivity contribution in [2.24, 2.45) is 10.7 Å². The van der Waals surface area contributed by atoms with Crippen molar-refractivity contribution in [2.75, 3.05) is 5.88 Å². The summed E-state index contributed by atoms with van der Waals surface area (Å²) in [6, 6.07) is 8.79. The molecule has 6 heteroatoms. The van der Waals surface area contributed by atoms with Crippen molar-refractivity contribution in [1.82, 2.24) is 5.32 Å². The number of nitrogens with one attached hydrogen (secondary N) is 1. The number of halogens is 1. The molecule has 0 saturated heterocycles. The minimum absolute atomic E-state index is 0.171. The molecule has 0 fully saturated rings. The zero-order valence-corrected chi connectivity index (χ0v) is 12.4. The molecule has 0 spiro atoms. The lowest BCUT2D eigenvalue weighted by Gasteiger charge is -2.06. The number of alkyl halides is 1. The van der Waals surface area contributed by atoms with Crippen LogP contribution in [0.3, 0.4) is 0 Å². The van der Waals surface area contributed by atoms with Crippen LogP contribution in [0.15, 0.2) is 46.0 Å². The normalized spacial score (nSPS) is 11.4. The van der Waals surface area contributed by atoms with Crippen molar-refractivity contribution in [3.63, 3.8) is 0 Å². The number of rotatable bonds is 5. The largest absolute Gasteiger partial charge is 0.467 e. The fourth-order valence-corrected chi connectivity index (χ4v) is 1.85. The summed E-state index contributed by atoms with van der Waals surface area (Å²) in [6.07, 6.45) is 1.57. The predicted molar refractivity (Wildman–Crippen MR) is 83.1 cm³/mol. The lowest BCUT2D eigenvalue weighted by molar-refractivity contribution is 0.0948. The number of hydrogen-bond acceptors (Lipinski definition) is 3. The maximum atomic E-state index is 12.0. The van der Waals surface area contributed by atoms with Gasteiger partial charge in [-0.1, -0.05) is 0 Å². The molecule has 0 unspecified atom stereocenters. The molecule has 0 bridgehead atoms. The van der Waals surface area contributed by atoms with E-state index in [0.717, 1.165) is 5.56 Å². The van der Waals surface area contributed by atoms with Gasteiger partial charge in [0.05, 0.1) is 24.4 Å². The van der Waals surface area contributed by atoms with Crippen LogP contribution in [0.5, 0.6) is 0 Å². The van der Waals surface area contributed by atoms with Crippen molar-refractivity contribution in [2.45, 2.75) is 13.5 Å². The highest BCUT2D eigenvalue weighted by atomic mass is 35.5. The van der Waals surface area contributed by atoms with E-state index in [2.05, 4.69) is 10.3 Å². The van der Waals surface area contributed by atoms with E-state index in [0.29, 0.717) is 29.4 Å². The van der Waals surface area contributed by atoms with Crippen LogP contribution in [0.4, 0.5) is 5.69 Å². The minimum Gasteiger partial charge on any atom is -0.467 e. The van der Waals surface area contributed by atoms with Crippen LogP contribution < -0.4 is 11.1 Å². The van der Waals surface area contributed by atoms with E-state index in [1.807, 2.05) is 6.92 Å². The standard InChI is InChI=1S/C15H16ClN3O2/c1-10-7-11(4-5-13(10)19-14(17)8-16)15(20)18-9-12-3-2-6-21-12/h2-7H,8-9H2,1H3,(H2,17,19)(H,18,20). The van der Waals surface area contributed by atoms with Crippen molar-refractivity contribution in [1.29, 1.82) is 0 Å². The maximum absolute atomic E-state index is 12.0. The number of amidine groups is 1. The van der Waals surface area contributed by atoms with Gasteiger partial charge in [-0.2, -0.15) is 0 Å². The van der Waals surface area contributed by atoms with Gasteiger partial charge in [0.15, 0.2) is 0 Å². The number of amides is 1. The molecule has 1 heterocycles. The van der Waals surface area contributed by atoms with Crippen molar-refractivity contribution >= 4 is 29.0 Å². The third-order valence-electron chi connectivity index (χ3n) is 2.86. The summed E-state index contributed by atoms with van der Waals surface area (Å²) in [5.74, 6) is 1.05. The molecule has 1 amide bonds. The summed E-state index contributed by atoms with van der Waals surface area (Å²) < 4.78 is 5.16. The summed E-state index contributed by atoms with van der Waals surface area (Å²) in [4.78, 5) is 16.2. The third kappa shape index (κ3) is 4.10. The number of carbonyl (C=O) groups excluding carboxylic acids is 1. The Morgan fingerprint density at radius 3 is 2.86 bits per heavy atom. The van der Waals surface area contributed by atoms with E-state index in [1.54, 1.807) is 36.6 Å². The summed E-state index contributed by atoms with van der Waals surface area (Å²) in [5.41, 5.74) is 7.72.